The highest BCUT2D eigenvalue weighted by Gasteiger charge is 2.31. The molecule has 0 radical (unpaired) electrons. The Morgan fingerprint density at radius 3 is 2.20 bits per heavy atom. The topological polar surface area (TPSA) is 105 Å². The number of ether oxygens (including phenoxy) is 1. The van der Waals surface area contributed by atoms with Gasteiger partial charge in [0.05, 0.1) is 18.1 Å². The molecule has 1 amide bonds. The van der Waals surface area contributed by atoms with Gasteiger partial charge in [-0.15, -0.1) is 0 Å². The number of benzene rings is 3. The average Bonchev–Trinajstić information content (AvgIpc) is 2.86. The highest BCUT2D eigenvalue weighted by molar-refractivity contribution is 5.95. The van der Waals surface area contributed by atoms with Crippen LogP contribution in [-0.4, -0.2) is 29.9 Å². The first-order valence-electron chi connectivity index (χ1n) is 11.6. The third kappa shape index (κ3) is 7.67. The van der Waals surface area contributed by atoms with Crippen LogP contribution in [0.4, 0.5) is 0 Å². The smallest absolute Gasteiger partial charge is 0.311 e. The van der Waals surface area contributed by atoms with Gasteiger partial charge in [-0.2, -0.15) is 0 Å². The molecule has 180 valence electrons. The molecular weight excluding hydrogens is 438 g/mol. The quantitative estimate of drug-likeness (QED) is 0.229. The number of nitrogen functional groups attached to an aromatic ring is 1. The van der Waals surface area contributed by atoms with Crippen LogP contribution in [0, 0.1) is 11.3 Å². The number of rotatable bonds is 10. The molecule has 0 saturated heterocycles. The lowest BCUT2D eigenvalue weighted by molar-refractivity contribution is -0.152. The molecular formula is C29H31N3O3. The van der Waals surface area contributed by atoms with E-state index in [1.165, 1.54) is 0 Å². The van der Waals surface area contributed by atoms with E-state index in [1.54, 1.807) is 56.3 Å². The first kappa shape index (κ1) is 25.4. The number of carbonyl (C=O) groups is 2. The molecule has 0 aromatic heterocycles. The van der Waals surface area contributed by atoms with Crippen LogP contribution in [0.5, 0.6) is 0 Å². The van der Waals surface area contributed by atoms with Gasteiger partial charge in [0.25, 0.3) is 5.91 Å². The summed E-state index contributed by atoms with van der Waals surface area (Å²) in [4.78, 5) is 26.3. The fourth-order valence-electron chi connectivity index (χ4n) is 3.68. The lowest BCUT2D eigenvalue weighted by Gasteiger charge is -2.26. The Morgan fingerprint density at radius 2 is 1.57 bits per heavy atom. The van der Waals surface area contributed by atoms with Crippen LogP contribution >= 0.6 is 0 Å². The molecule has 0 heterocycles. The van der Waals surface area contributed by atoms with Gasteiger partial charge in [0, 0.05) is 11.1 Å². The normalized spacial score (nSPS) is 12.8. The zero-order valence-electron chi connectivity index (χ0n) is 20.0. The van der Waals surface area contributed by atoms with Gasteiger partial charge in [0.1, 0.15) is 5.84 Å². The van der Waals surface area contributed by atoms with Crippen molar-refractivity contribution in [3.63, 3.8) is 0 Å². The number of hydrogen-bond acceptors (Lipinski definition) is 4. The largest absolute Gasteiger partial charge is 0.463 e. The van der Waals surface area contributed by atoms with Crippen molar-refractivity contribution in [2.75, 3.05) is 0 Å². The summed E-state index contributed by atoms with van der Waals surface area (Å²) in [5.41, 5.74) is 8.50. The van der Waals surface area contributed by atoms with Gasteiger partial charge in [-0.3, -0.25) is 15.0 Å². The Bertz CT molecular complexity index is 1170. The Hall–Kier alpha value is -4.19. The molecule has 0 aliphatic heterocycles. The van der Waals surface area contributed by atoms with Crippen LogP contribution in [-0.2, 0) is 16.0 Å². The highest BCUT2D eigenvalue weighted by atomic mass is 16.5. The maximum Gasteiger partial charge on any atom is 0.311 e. The number of carbonyl (C=O) groups excluding carboxylic acids is 2. The van der Waals surface area contributed by atoms with E-state index in [-0.39, 0.29) is 17.8 Å². The van der Waals surface area contributed by atoms with Crippen LogP contribution in [0.1, 0.15) is 40.9 Å². The standard InChI is InChI=1S/C29H31N3O3/c1-20(2)35-29(34)25(19-22-12-9-15-24(18-22)27(30)31)26(17-16-21-10-5-3-6-11-21)32-28(33)23-13-7-4-8-14-23/h3-18,20,25-26H,19H2,1-2H3,(H3,30,31)(H,32,33)/b17-16+. The minimum absolute atomic E-state index is 0.0499. The fraction of sp³-hybridized carbons (Fsp3) is 0.207. The first-order valence-corrected chi connectivity index (χ1v) is 11.6. The van der Waals surface area contributed by atoms with Crippen molar-refractivity contribution in [1.29, 1.82) is 5.41 Å². The SMILES string of the molecule is CC(C)OC(=O)C(Cc1cccc(C(=N)N)c1)C(/C=C/c1ccccc1)NC(=O)c1ccccc1. The molecule has 6 nitrogen and oxygen atoms in total. The van der Waals surface area contributed by atoms with Crippen molar-refractivity contribution >= 4 is 23.8 Å². The molecule has 2 unspecified atom stereocenters. The van der Waals surface area contributed by atoms with Crippen molar-refractivity contribution < 1.29 is 14.3 Å². The van der Waals surface area contributed by atoms with Crippen molar-refractivity contribution in [3.05, 3.63) is 113 Å². The summed E-state index contributed by atoms with van der Waals surface area (Å²) in [5, 5.41) is 10.8. The first-order chi connectivity index (χ1) is 16.8. The van der Waals surface area contributed by atoms with Crippen LogP contribution in [0.2, 0.25) is 0 Å². The average molecular weight is 470 g/mol. The Balaban J connectivity index is 1.98. The summed E-state index contributed by atoms with van der Waals surface area (Å²) in [6, 6.07) is 25.1. The summed E-state index contributed by atoms with van der Waals surface area (Å²) < 4.78 is 5.59. The molecule has 4 N–H and O–H groups in total. The molecule has 3 aromatic rings. The lowest BCUT2D eigenvalue weighted by Crippen LogP contribution is -2.44. The maximum absolute atomic E-state index is 13.3. The molecule has 0 bridgehead atoms. The highest BCUT2D eigenvalue weighted by Crippen LogP contribution is 2.20. The van der Waals surface area contributed by atoms with Gasteiger partial charge >= 0.3 is 5.97 Å². The second-order valence-electron chi connectivity index (χ2n) is 8.55. The molecule has 3 rings (SSSR count). The summed E-state index contributed by atoms with van der Waals surface area (Å²) in [6.45, 7) is 3.59. The predicted molar refractivity (Wildman–Crippen MR) is 139 cm³/mol. The van der Waals surface area contributed by atoms with Crippen LogP contribution in [0.15, 0.2) is 91.0 Å². The summed E-state index contributed by atoms with van der Waals surface area (Å²) >= 11 is 0. The Kier molecular flexibility index (Phi) is 8.95. The summed E-state index contributed by atoms with van der Waals surface area (Å²) in [7, 11) is 0. The molecule has 0 aliphatic carbocycles. The lowest BCUT2D eigenvalue weighted by atomic mass is 9.90. The van der Waals surface area contributed by atoms with Crippen molar-refractivity contribution in [1.82, 2.24) is 5.32 Å². The molecule has 0 fully saturated rings. The Morgan fingerprint density at radius 1 is 0.943 bits per heavy atom. The van der Waals surface area contributed by atoms with Gasteiger partial charge in [0.2, 0.25) is 0 Å². The van der Waals surface area contributed by atoms with E-state index in [4.69, 9.17) is 15.9 Å². The predicted octanol–water partition coefficient (Wildman–Crippen LogP) is 4.59. The molecule has 2 atom stereocenters. The fourth-order valence-corrected chi connectivity index (χ4v) is 3.68. The number of esters is 1. The van der Waals surface area contributed by atoms with Gasteiger partial charge < -0.3 is 15.8 Å². The minimum Gasteiger partial charge on any atom is -0.463 e. The second kappa shape index (κ2) is 12.3. The van der Waals surface area contributed by atoms with Gasteiger partial charge in [-0.05, 0) is 49.6 Å². The third-order valence-corrected chi connectivity index (χ3v) is 5.41. The molecule has 0 spiro atoms. The van der Waals surface area contributed by atoms with E-state index < -0.39 is 17.9 Å². The van der Waals surface area contributed by atoms with Gasteiger partial charge in [-0.25, -0.2) is 0 Å². The van der Waals surface area contributed by atoms with Crippen molar-refractivity contribution in [2.24, 2.45) is 11.7 Å². The molecule has 0 saturated carbocycles. The van der Waals surface area contributed by atoms with Crippen molar-refractivity contribution in [3.8, 4) is 0 Å². The number of amidine groups is 1. The zero-order chi connectivity index (χ0) is 25.2. The minimum atomic E-state index is -0.702. The van der Waals surface area contributed by atoms with E-state index in [2.05, 4.69) is 5.32 Å². The number of nitrogens with one attached hydrogen (secondary N) is 2. The summed E-state index contributed by atoms with van der Waals surface area (Å²) in [5.74, 6) is -1.45. The molecule has 35 heavy (non-hydrogen) atoms. The van der Waals surface area contributed by atoms with Crippen molar-refractivity contribution in [2.45, 2.75) is 32.4 Å². The van der Waals surface area contributed by atoms with E-state index in [0.29, 0.717) is 17.5 Å². The second-order valence-corrected chi connectivity index (χ2v) is 8.55. The van der Waals surface area contributed by atoms with Crippen LogP contribution in [0.25, 0.3) is 6.08 Å². The summed E-state index contributed by atoms with van der Waals surface area (Å²) in [6.07, 6.45) is 3.71. The molecule has 3 aromatic carbocycles. The molecule has 0 aliphatic rings. The van der Waals surface area contributed by atoms with E-state index in [0.717, 1.165) is 11.1 Å². The monoisotopic (exact) mass is 469 g/mol. The number of nitrogens with two attached hydrogens (primary N) is 1. The number of amides is 1. The Labute approximate surface area is 206 Å². The zero-order valence-corrected chi connectivity index (χ0v) is 20.0. The third-order valence-electron chi connectivity index (χ3n) is 5.41. The maximum atomic E-state index is 13.3. The van der Waals surface area contributed by atoms with E-state index in [9.17, 15) is 9.59 Å². The number of hydrogen-bond donors (Lipinski definition) is 3. The molecule has 6 heteroatoms. The van der Waals surface area contributed by atoms with Crippen LogP contribution < -0.4 is 11.1 Å². The van der Waals surface area contributed by atoms with E-state index in [1.807, 2.05) is 54.6 Å². The van der Waals surface area contributed by atoms with Crippen LogP contribution in [0.3, 0.4) is 0 Å². The van der Waals surface area contributed by atoms with Gasteiger partial charge in [0.15, 0.2) is 0 Å². The van der Waals surface area contributed by atoms with E-state index >= 15 is 0 Å². The van der Waals surface area contributed by atoms with Gasteiger partial charge in [-0.1, -0.05) is 78.9 Å².